The van der Waals surface area contributed by atoms with Gasteiger partial charge in [0.2, 0.25) is 5.91 Å². The molecule has 0 fully saturated rings. The van der Waals surface area contributed by atoms with E-state index in [1.54, 1.807) is 21.0 Å². The zero-order chi connectivity index (χ0) is 18.6. The van der Waals surface area contributed by atoms with Gasteiger partial charge in [0.15, 0.2) is 0 Å². The summed E-state index contributed by atoms with van der Waals surface area (Å²) in [5.41, 5.74) is 1.12. The van der Waals surface area contributed by atoms with E-state index in [-0.39, 0.29) is 30.1 Å². The van der Waals surface area contributed by atoms with Gasteiger partial charge in [-0.15, -0.1) is 0 Å². The number of amides is 1. The van der Waals surface area contributed by atoms with Crippen molar-refractivity contribution < 1.29 is 4.79 Å². The average Bonchev–Trinajstić information content (AvgIpc) is 2.85. The van der Waals surface area contributed by atoms with Gasteiger partial charge in [-0.05, 0) is 19.4 Å². The van der Waals surface area contributed by atoms with Gasteiger partial charge in [-0.1, -0.05) is 13.0 Å². The van der Waals surface area contributed by atoms with Crippen molar-refractivity contribution in [3.05, 3.63) is 44.6 Å². The minimum atomic E-state index is -0.336. The third-order valence-corrected chi connectivity index (χ3v) is 3.98. The largest absolute Gasteiger partial charge is 0.349 e. The van der Waals surface area contributed by atoms with E-state index >= 15 is 0 Å². The van der Waals surface area contributed by atoms with Gasteiger partial charge in [-0.2, -0.15) is 0 Å². The molecule has 2 heterocycles. The number of carbonyl (C=O) groups is 1. The van der Waals surface area contributed by atoms with Crippen LogP contribution in [0.2, 0.25) is 0 Å². The maximum atomic E-state index is 12.3. The summed E-state index contributed by atoms with van der Waals surface area (Å²) in [7, 11) is 3.24. The summed E-state index contributed by atoms with van der Waals surface area (Å²) in [5, 5.41) is 5.98. The number of hydrogen-bond acceptors (Lipinski definition) is 4. The molecule has 8 nitrogen and oxygen atoms in total. The smallest absolute Gasteiger partial charge is 0.275 e. The molecular formula is C17H23N5O3. The minimum Gasteiger partial charge on any atom is -0.349 e. The van der Waals surface area contributed by atoms with Crippen LogP contribution in [0, 0.1) is 6.92 Å². The summed E-state index contributed by atoms with van der Waals surface area (Å²) in [6.07, 6.45) is 4.69. The van der Waals surface area contributed by atoms with Crippen molar-refractivity contribution in [1.82, 2.24) is 19.7 Å². The SMILES string of the molecule is CC/C=C\C(CNC(=O)Cn1c(C)c2c(=O)n(C)[nH]c2cc1=O)=NC. The van der Waals surface area contributed by atoms with Gasteiger partial charge < -0.3 is 9.88 Å². The molecule has 8 heteroatoms. The Morgan fingerprint density at radius 2 is 2.12 bits per heavy atom. The number of nitrogens with zero attached hydrogens (tertiary/aromatic N) is 3. The van der Waals surface area contributed by atoms with E-state index in [0.717, 1.165) is 12.1 Å². The maximum Gasteiger partial charge on any atom is 0.275 e. The first kappa shape index (κ1) is 18.4. The number of pyridine rings is 1. The lowest BCUT2D eigenvalue weighted by atomic mass is 10.2. The van der Waals surface area contributed by atoms with Gasteiger partial charge in [-0.25, -0.2) is 0 Å². The fourth-order valence-electron chi connectivity index (χ4n) is 2.58. The number of fused-ring (bicyclic) bond motifs is 1. The molecule has 0 aliphatic rings. The zero-order valence-electron chi connectivity index (χ0n) is 14.9. The minimum absolute atomic E-state index is 0.149. The van der Waals surface area contributed by atoms with E-state index in [2.05, 4.69) is 15.4 Å². The van der Waals surface area contributed by atoms with Crippen LogP contribution in [0.25, 0.3) is 10.9 Å². The number of carbonyl (C=O) groups excluding carboxylic acids is 1. The summed E-state index contributed by atoms with van der Waals surface area (Å²) >= 11 is 0. The Bertz CT molecular complexity index is 959. The number of aryl methyl sites for hydroxylation is 2. The predicted octanol–water partition coefficient (Wildman–Crippen LogP) is 0.490. The number of allylic oxidation sites excluding steroid dienone is 1. The number of rotatable bonds is 6. The molecule has 2 N–H and O–H groups in total. The molecule has 25 heavy (non-hydrogen) atoms. The molecule has 0 atom stereocenters. The van der Waals surface area contributed by atoms with Crippen molar-refractivity contribution in [1.29, 1.82) is 0 Å². The monoisotopic (exact) mass is 345 g/mol. The number of aliphatic imine (C=N–C) groups is 1. The number of nitrogens with one attached hydrogen (secondary N) is 2. The lowest BCUT2D eigenvalue weighted by Gasteiger charge is -2.10. The summed E-state index contributed by atoms with van der Waals surface area (Å²) in [4.78, 5) is 40.7. The Morgan fingerprint density at radius 3 is 2.76 bits per heavy atom. The quantitative estimate of drug-likeness (QED) is 0.745. The number of hydrogen-bond donors (Lipinski definition) is 2. The Morgan fingerprint density at radius 1 is 1.40 bits per heavy atom. The first-order valence-corrected chi connectivity index (χ1v) is 8.07. The number of H-pyrrole nitrogens is 1. The lowest BCUT2D eigenvalue weighted by Crippen LogP contribution is -2.35. The van der Waals surface area contributed by atoms with Crippen molar-refractivity contribution in [2.24, 2.45) is 12.0 Å². The highest BCUT2D eigenvalue weighted by Gasteiger charge is 2.14. The van der Waals surface area contributed by atoms with Crippen LogP contribution in [0.1, 0.15) is 19.0 Å². The Balaban J connectivity index is 2.21. The molecule has 2 aromatic rings. The molecular weight excluding hydrogens is 322 g/mol. The van der Waals surface area contributed by atoms with Crippen LogP contribution >= 0.6 is 0 Å². The fourth-order valence-corrected chi connectivity index (χ4v) is 2.58. The highest BCUT2D eigenvalue weighted by atomic mass is 16.2. The standard InChI is InChI=1S/C17H23N5O3/c1-5-6-7-12(18-3)9-19-14(23)10-22-11(2)16-13(8-15(22)24)20-21(4)17(16)25/h6-8,20H,5,9-10H2,1-4H3,(H,19,23)/b7-6-,18-12?. The van der Waals surface area contributed by atoms with Crippen molar-refractivity contribution in [2.45, 2.75) is 26.8 Å². The van der Waals surface area contributed by atoms with Crippen LogP contribution < -0.4 is 16.4 Å². The summed E-state index contributed by atoms with van der Waals surface area (Å²) in [5.74, 6) is -0.317. The molecule has 0 saturated carbocycles. The topological polar surface area (TPSA) is 101 Å². The molecule has 0 radical (unpaired) electrons. The second-order valence-corrected chi connectivity index (χ2v) is 5.72. The van der Waals surface area contributed by atoms with E-state index < -0.39 is 0 Å². The van der Waals surface area contributed by atoms with E-state index in [1.807, 2.05) is 19.1 Å². The second-order valence-electron chi connectivity index (χ2n) is 5.72. The molecule has 2 rings (SSSR count). The van der Waals surface area contributed by atoms with Crippen LogP contribution in [0.15, 0.2) is 32.8 Å². The molecule has 134 valence electrons. The van der Waals surface area contributed by atoms with E-state index in [4.69, 9.17) is 0 Å². The Kier molecular flexibility index (Phi) is 5.74. The first-order chi connectivity index (χ1) is 11.9. The van der Waals surface area contributed by atoms with Crippen LogP contribution in [-0.2, 0) is 18.4 Å². The van der Waals surface area contributed by atoms with Crippen LogP contribution in [0.3, 0.4) is 0 Å². The molecule has 2 aromatic heterocycles. The second kappa shape index (κ2) is 7.78. The first-order valence-electron chi connectivity index (χ1n) is 8.07. The highest BCUT2D eigenvalue weighted by molar-refractivity contribution is 5.98. The van der Waals surface area contributed by atoms with Crippen LogP contribution in [0.4, 0.5) is 0 Å². The van der Waals surface area contributed by atoms with Gasteiger partial charge >= 0.3 is 0 Å². The number of aromatic nitrogens is 3. The summed E-state index contributed by atoms with van der Waals surface area (Å²) < 4.78 is 2.61. The van der Waals surface area contributed by atoms with Gasteiger partial charge in [0.05, 0.1) is 23.2 Å². The van der Waals surface area contributed by atoms with E-state index in [1.165, 1.54) is 15.3 Å². The summed E-state index contributed by atoms with van der Waals surface area (Å²) in [6, 6.07) is 1.33. The molecule has 0 aliphatic carbocycles. The zero-order valence-corrected chi connectivity index (χ0v) is 14.9. The van der Waals surface area contributed by atoms with Crippen molar-refractivity contribution >= 4 is 22.5 Å². The molecule has 0 saturated heterocycles. The van der Waals surface area contributed by atoms with Gasteiger partial charge in [0.1, 0.15) is 6.54 Å². The highest BCUT2D eigenvalue weighted by Crippen LogP contribution is 2.09. The van der Waals surface area contributed by atoms with Gasteiger partial charge in [0, 0.05) is 25.9 Å². The average molecular weight is 345 g/mol. The maximum absolute atomic E-state index is 12.3. The van der Waals surface area contributed by atoms with E-state index in [0.29, 0.717) is 16.6 Å². The van der Waals surface area contributed by atoms with Crippen LogP contribution in [-0.4, -0.2) is 39.6 Å². The normalized spacial score (nSPS) is 12.2. The molecule has 0 aromatic carbocycles. The number of aromatic amines is 1. The fraction of sp³-hybridized carbons (Fsp3) is 0.412. The molecule has 1 amide bonds. The molecule has 0 bridgehead atoms. The molecule has 0 aliphatic heterocycles. The van der Waals surface area contributed by atoms with Crippen molar-refractivity contribution in [3.8, 4) is 0 Å². The summed E-state index contributed by atoms with van der Waals surface area (Å²) in [6.45, 7) is 3.81. The van der Waals surface area contributed by atoms with Gasteiger partial charge in [-0.3, -0.25) is 29.2 Å². The lowest BCUT2D eigenvalue weighted by molar-refractivity contribution is -0.121. The third-order valence-electron chi connectivity index (χ3n) is 3.98. The third kappa shape index (κ3) is 3.96. The Labute approximate surface area is 144 Å². The van der Waals surface area contributed by atoms with Crippen molar-refractivity contribution in [2.75, 3.05) is 13.6 Å². The van der Waals surface area contributed by atoms with Crippen molar-refractivity contribution in [3.63, 3.8) is 0 Å². The molecule has 0 spiro atoms. The van der Waals surface area contributed by atoms with E-state index in [9.17, 15) is 14.4 Å². The molecule has 0 unspecified atom stereocenters. The van der Waals surface area contributed by atoms with Gasteiger partial charge in [0.25, 0.3) is 11.1 Å². The predicted molar refractivity (Wildman–Crippen MR) is 98.3 cm³/mol. The van der Waals surface area contributed by atoms with Crippen LogP contribution in [0.5, 0.6) is 0 Å². The Hall–Kier alpha value is -2.90.